The fourth-order valence-corrected chi connectivity index (χ4v) is 6.59. The lowest BCUT2D eigenvalue weighted by Gasteiger charge is -2.28. The van der Waals surface area contributed by atoms with Crippen molar-refractivity contribution in [3.05, 3.63) is 58.9 Å². The zero-order valence-corrected chi connectivity index (χ0v) is 16.3. The minimum Gasteiger partial charge on any atom is -0.384 e. The molecule has 2 aliphatic heterocycles. The second-order valence-corrected chi connectivity index (χ2v) is 9.74. The van der Waals surface area contributed by atoms with Crippen LogP contribution in [0.3, 0.4) is 0 Å². The Morgan fingerprint density at radius 3 is 2.78 bits per heavy atom. The second kappa shape index (κ2) is 7.21. The van der Waals surface area contributed by atoms with Crippen LogP contribution in [0.2, 0.25) is 0 Å². The van der Waals surface area contributed by atoms with Crippen molar-refractivity contribution in [1.29, 1.82) is 0 Å². The van der Waals surface area contributed by atoms with E-state index in [1.807, 2.05) is 12.1 Å². The molecule has 0 saturated carbocycles. The van der Waals surface area contributed by atoms with Crippen molar-refractivity contribution in [1.82, 2.24) is 9.88 Å². The number of hydrogen-bond acceptors (Lipinski definition) is 3. The van der Waals surface area contributed by atoms with Crippen LogP contribution in [0.25, 0.3) is 10.2 Å². The Bertz CT molecular complexity index is 942. The molecule has 0 radical (unpaired) electrons. The van der Waals surface area contributed by atoms with Gasteiger partial charge >= 0.3 is 0 Å². The van der Waals surface area contributed by atoms with E-state index in [1.165, 1.54) is 39.9 Å². The minimum absolute atomic E-state index is 0.152. The molecule has 1 aromatic heterocycles. The average Bonchev–Trinajstić information content (AvgIpc) is 3.32. The van der Waals surface area contributed by atoms with Gasteiger partial charge in [-0.25, -0.2) is 4.39 Å². The largest absolute Gasteiger partial charge is 0.384 e. The van der Waals surface area contributed by atoms with Crippen molar-refractivity contribution in [2.75, 3.05) is 31.5 Å². The summed E-state index contributed by atoms with van der Waals surface area (Å²) in [7, 11) is 0.174. The molecule has 5 heteroatoms. The van der Waals surface area contributed by atoms with Gasteiger partial charge in [-0.3, -0.25) is 0 Å². The third-order valence-corrected chi connectivity index (χ3v) is 8.33. The summed E-state index contributed by atoms with van der Waals surface area (Å²) in [6, 6.07) is 11.6. The number of nitrogens with zero attached hydrogens (tertiary/aromatic N) is 2. The third kappa shape index (κ3) is 3.46. The first-order valence-corrected chi connectivity index (χ1v) is 11.2. The van der Waals surface area contributed by atoms with Gasteiger partial charge in [0.25, 0.3) is 0 Å². The number of hydrogen-bond donors (Lipinski definition) is 1. The number of benzene rings is 2. The van der Waals surface area contributed by atoms with Gasteiger partial charge in [-0.15, -0.1) is 0 Å². The highest BCUT2D eigenvalue weighted by Gasteiger charge is 2.30. The third-order valence-electron chi connectivity index (χ3n) is 5.98. The van der Waals surface area contributed by atoms with Crippen LogP contribution in [-0.4, -0.2) is 36.1 Å². The maximum Gasteiger partial charge on any atom is 0.230 e. The van der Waals surface area contributed by atoms with E-state index >= 15 is 0 Å². The monoisotopic (exact) mass is 382 g/mol. The molecule has 140 valence electrons. The number of anilines is 1. The second-order valence-electron chi connectivity index (χ2n) is 7.68. The van der Waals surface area contributed by atoms with E-state index < -0.39 is 0 Å². The predicted molar refractivity (Wildman–Crippen MR) is 111 cm³/mol. The molecule has 3 aromatic rings. The molecule has 27 heavy (non-hydrogen) atoms. The van der Waals surface area contributed by atoms with E-state index in [1.54, 1.807) is 12.1 Å². The maximum atomic E-state index is 13.0. The molecule has 5 rings (SSSR count). The van der Waals surface area contributed by atoms with Crippen molar-refractivity contribution in [2.24, 2.45) is 0 Å². The summed E-state index contributed by atoms with van der Waals surface area (Å²) in [4.78, 5) is 7.30. The highest BCUT2D eigenvalue weighted by molar-refractivity contribution is 7.36. The molecule has 0 amide bonds. The molecule has 3 heterocycles. The summed E-state index contributed by atoms with van der Waals surface area (Å²) in [5.74, 6) is -0.152. The number of halogens is 1. The fraction of sp³-hybridized carbons (Fsp3) is 0.409. The van der Waals surface area contributed by atoms with Gasteiger partial charge in [-0.1, -0.05) is 12.1 Å². The number of fused-ring (bicyclic) bond motifs is 2. The van der Waals surface area contributed by atoms with E-state index in [4.69, 9.17) is 4.98 Å². The number of aromatic nitrogens is 1. The highest BCUT2D eigenvalue weighted by atomic mass is 32.2. The lowest BCUT2D eigenvalue weighted by Crippen LogP contribution is -2.33. The Labute approximate surface area is 162 Å². The summed E-state index contributed by atoms with van der Waals surface area (Å²) >= 11 is 0. The average molecular weight is 383 g/mol. The molecule has 1 saturated heterocycles. The van der Waals surface area contributed by atoms with Crippen molar-refractivity contribution >= 4 is 26.4 Å². The van der Waals surface area contributed by atoms with Crippen LogP contribution in [0.4, 0.5) is 10.1 Å². The number of nitrogens with one attached hydrogen (secondary N) is 1. The summed E-state index contributed by atoms with van der Waals surface area (Å²) in [6.07, 6.45) is 4.63. The van der Waals surface area contributed by atoms with Gasteiger partial charge < -0.3 is 10.2 Å². The van der Waals surface area contributed by atoms with Crippen LogP contribution in [-0.2, 0) is 12.8 Å². The normalized spacial score (nSPS) is 18.6. The van der Waals surface area contributed by atoms with Gasteiger partial charge in [0, 0.05) is 61.2 Å². The van der Waals surface area contributed by atoms with Gasteiger partial charge in [0.05, 0.1) is 0 Å². The number of rotatable bonds is 4. The minimum atomic E-state index is -0.152. The zero-order chi connectivity index (χ0) is 18.2. The van der Waals surface area contributed by atoms with E-state index in [2.05, 4.69) is 27.9 Å². The van der Waals surface area contributed by atoms with Crippen LogP contribution in [0.5, 0.6) is 0 Å². The van der Waals surface area contributed by atoms with Crippen molar-refractivity contribution in [2.45, 2.75) is 30.9 Å². The van der Waals surface area contributed by atoms with Crippen LogP contribution in [0.15, 0.2) is 41.9 Å². The molecule has 0 bridgehead atoms. The fourth-order valence-electron chi connectivity index (χ4n) is 4.36. The molecule has 1 atom stereocenters. The molecular formula is C22H25FN3S+. The topological polar surface area (TPSA) is 28.2 Å². The zero-order valence-electron chi connectivity index (χ0n) is 15.5. The maximum absolute atomic E-state index is 13.0. The van der Waals surface area contributed by atoms with Gasteiger partial charge in [0.15, 0.2) is 0 Å². The quantitative estimate of drug-likeness (QED) is 0.646. The Morgan fingerprint density at radius 2 is 1.96 bits per heavy atom. The summed E-state index contributed by atoms with van der Waals surface area (Å²) in [6.45, 7) is 4.44. The summed E-state index contributed by atoms with van der Waals surface area (Å²) < 4.78 is 14.5. The van der Waals surface area contributed by atoms with Crippen LogP contribution < -0.4 is 5.32 Å². The van der Waals surface area contributed by atoms with Crippen LogP contribution >= 0.6 is 10.5 Å². The van der Waals surface area contributed by atoms with Gasteiger partial charge in [0.1, 0.15) is 16.6 Å². The molecule has 1 N–H and O–H groups in total. The highest BCUT2D eigenvalue weighted by Crippen LogP contribution is 2.45. The number of likely N-dealkylation sites (tertiary alicyclic amines) is 1. The Morgan fingerprint density at radius 1 is 1.15 bits per heavy atom. The number of thiazole rings is 1. The van der Waals surface area contributed by atoms with E-state index in [-0.39, 0.29) is 16.3 Å². The molecule has 2 aromatic carbocycles. The molecule has 1 fully saturated rings. The summed E-state index contributed by atoms with van der Waals surface area (Å²) in [5, 5.41) is 4.19. The van der Waals surface area contributed by atoms with E-state index in [9.17, 15) is 4.39 Å². The lowest BCUT2D eigenvalue weighted by molar-refractivity contribution is 0.227. The van der Waals surface area contributed by atoms with E-state index in [0.29, 0.717) is 0 Å². The molecule has 2 aliphatic rings. The Hall–Kier alpha value is -1.98. The standard InChI is InChI=1S/C22H25FN3S/c23-18-3-1-16(2-4-18)6-10-26-11-7-19(8-12-26)27-15-25-21-14-20-17(5-9-24-20)13-22(21)27/h1-4,13-15,19,24H,5-12H2/q+1. The first kappa shape index (κ1) is 17.1. The molecule has 1 unspecified atom stereocenters. The van der Waals surface area contributed by atoms with E-state index in [0.717, 1.165) is 44.3 Å². The Kier molecular flexibility index (Phi) is 4.58. The SMILES string of the molecule is Fc1ccc(CCN2CCC([s+]3cnc4cc5c(cc43)CCN5)CC2)cc1. The molecular weight excluding hydrogens is 357 g/mol. The van der Waals surface area contributed by atoms with Crippen molar-refractivity contribution in [3.8, 4) is 0 Å². The van der Waals surface area contributed by atoms with Crippen LogP contribution in [0.1, 0.15) is 29.2 Å². The number of piperidine rings is 1. The molecule has 3 nitrogen and oxygen atoms in total. The van der Waals surface area contributed by atoms with Crippen molar-refractivity contribution < 1.29 is 4.39 Å². The van der Waals surface area contributed by atoms with Crippen molar-refractivity contribution in [3.63, 3.8) is 0 Å². The van der Waals surface area contributed by atoms with Gasteiger partial charge in [0.2, 0.25) is 10.2 Å². The predicted octanol–water partition coefficient (Wildman–Crippen LogP) is 4.97. The molecule has 0 aliphatic carbocycles. The van der Waals surface area contributed by atoms with Gasteiger partial charge in [-0.05, 0) is 42.2 Å². The van der Waals surface area contributed by atoms with Gasteiger partial charge in [-0.2, -0.15) is 4.98 Å². The van der Waals surface area contributed by atoms with Crippen LogP contribution in [0, 0.1) is 5.82 Å². The first-order valence-electron chi connectivity index (χ1n) is 9.90. The molecule has 0 spiro atoms. The summed E-state index contributed by atoms with van der Waals surface area (Å²) in [5.41, 5.74) is 7.38. The lowest BCUT2D eigenvalue weighted by atomic mass is 10.1. The first-order chi connectivity index (χ1) is 13.3. The smallest absolute Gasteiger partial charge is 0.230 e. The Balaban J connectivity index is 1.23.